The number of aromatic nitrogens is 2. The number of ether oxygens (including phenoxy) is 2. The van der Waals surface area contributed by atoms with Gasteiger partial charge in [-0.25, -0.2) is 4.79 Å². The molecule has 0 aliphatic heterocycles. The first-order valence-electron chi connectivity index (χ1n) is 7.09. The largest absolute Gasteiger partial charge is 0.465 e. The Kier molecular flexibility index (Phi) is 5.60. The molecule has 126 valence electrons. The third-order valence-electron chi connectivity index (χ3n) is 3.74. The first kappa shape index (κ1) is 17.7. The molecule has 1 fully saturated rings. The van der Waals surface area contributed by atoms with Gasteiger partial charge in [-0.05, 0) is 29.0 Å². The molecule has 0 saturated heterocycles. The predicted molar refractivity (Wildman–Crippen MR) is 88.0 cm³/mol. The molecule has 1 N–H and O–H groups in total. The SMILES string of the molecule is CC(=O)OC[C@H]1C[C@@H](n2cc(I)c(=O)[nH]c2=O)C[C@@H]1OC(C)=O. The third-order valence-corrected chi connectivity index (χ3v) is 4.51. The highest BCUT2D eigenvalue weighted by molar-refractivity contribution is 14.1. The van der Waals surface area contributed by atoms with Crippen LogP contribution in [-0.4, -0.2) is 34.2 Å². The summed E-state index contributed by atoms with van der Waals surface area (Å²) in [5, 5.41) is 0. The monoisotopic (exact) mass is 436 g/mol. The van der Waals surface area contributed by atoms with E-state index in [4.69, 9.17) is 9.47 Å². The van der Waals surface area contributed by atoms with Crippen LogP contribution >= 0.6 is 22.6 Å². The first-order valence-corrected chi connectivity index (χ1v) is 8.17. The van der Waals surface area contributed by atoms with Crippen molar-refractivity contribution < 1.29 is 19.1 Å². The van der Waals surface area contributed by atoms with E-state index >= 15 is 0 Å². The number of hydrogen-bond acceptors (Lipinski definition) is 6. The van der Waals surface area contributed by atoms with Crippen LogP contribution in [0.15, 0.2) is 15.8 Å². The zero-order valence-corrected chi connectivity index (χ0v) is 14.9. The summed E-state index contributed by atoms with van der Waals surface area (Å²) in [7, 11) is 0. The maximum absolute atomic E-state index is 12.0. The molecular formula is C14H17IN2O6. The molecule has 0 amide bonds. The minimum Gasteiger partial charge on any atom is -0.465 e. The third kappa shape index (κ3) is 4.43. The molecule has 8 nitrogen and oxygen atoms in total. The van der Waals surface area contributed by atoms with E-state index in [-0.39, 0.29) is 18.6 Å². The summed E-state index contributed by atoms with van der Waals surface area (Å²) in [4.78, 5) is 47.9. The molecule has 1 aliphatic rings. The molecule has 9 heteroatoms. The van der Waals surface area contributed by atoms with Crippen molar-refractivity contribution >= 4 is 34.5 Å². The lowest BCUT2D eigenvalue weighted by Crippen LogP contribution is -2.33. The quantitative estimate of drug-likeness (QED) is 0.547. The molecule has 2 rings (SSSR count). The number of nitrogens with one attached hydrogen (secondary N) is 1. The molecule has 1 aromatic rings. The molecular weight excluding hydrogens is 419 g/mol. The van der Waals surface area contributed by atoms with Gasteiger partial charge < -0.3 is 9.47 Å². The predicted octanol–water partition coefficient (Wildman–Crippen LogP) is 0.587. The second-order valence-electron chi connectivity index (χ2n) is 5.48. The minimum absolute atomic E-state index is 0.124. The standard InChI is InChI=1S/C14H17IN2O6/c1-7(18)22-6-9-3-10(4-12(9)23-8(2)19)17-5-11(15)13(20)16-14(17)21/h5,9-10,12H,3-4,6H2,1-2H3,(H,16,20,21)/t9-,10-,12+/m1/s1. The minimum atomic E-state index is -0.505. The lowest BCUT2D eigenvalue weighted by molar-refractivity contribution is -0.151. The van der Waals surface area contributed by atoms with E-state index in [1.54, 1.807) is 0 Å². The van der Waals surface area contributed by atoms with Crippen molar-refractivity contribution in [3.05, 3.63) is 30.6 Å². The lowest BCUT2D eigenvalue weighted by Gasteiger charge is -2.18. The Bertz CT molecular complexity index is 725. The van der Waals surface area contributed by atoms with Crippen molar-refractivity contribution in [1.29, 1.82) is 0 Å². The molecule has 0 unspecified atom stereocenters. The van der Waals surface area contributed by atoms with Crippen LogP contribution in [0.4, 0.5) is 0 Å². The van der Waals surface area contributed by atoms with Crippen LogP contribution in [0.2, 0.25) is 0 Å². The average Bonchev–Trinajstić information content (AvgIpc) is 2.82. The fraction of sp³-hybridized carbons (Fsp3) is 0.571. The van der Waals surface area contributed by atoms with Gasteiger partial charge in [-0.1, -0.05) is 0 Å². The zero-order chi connectivity index (χ0) is 17.1. The van der Waals surface area contributed by atoms with Gasteiger partial charge in [0.25, 0.3) is 5.56 Å². The van der Waals surface area contributed by atoms with Crippen LogP contribution in [0, 0.1) is 9.49 Å². The molecule has 1 aromatic heterocycles. The number of H-pyrrole nitrogens is 1. The van der Waals surface area contributed by atoms with Gasteiger partial charge in [0.1, 0.15) is 6.10 Å². The van der Waals surface area contributed by atoms with Crippen molar-refractivity contribution in [3.8, 4) is 0 Å². The van der Waals surface area contributed by atoms with Crippen LogP contribution in [0.5, 0.6) is 0 Å². The number of aromatic amines is 1. The van der Waals surface area contributed by atoms with Crippen molar-refractivity contribution in [2.75, 3.05) is 6.61 Å². The van der Waals surface area contributed by atoms with Crippen molar-refractivity contribution in [2.24, 2.45) is 5.92 Å². The van der Waals surface area contributed by atoms with Gasteiger partial charge in [0.15, 0.2) is 0 Å². The smallest absolute Gasteiger partial charge is 0.328 e. The number of rotatable bonds is 4. The van der Waals surface area contributed by atoms with E-state index in [0.29, 0.717) is 16.4 Å². The van der Waals surface area contributed by atoms with E-state index in [1.807, 2.05) is 22.6 Å². The molecule has 0 radical (unpaired) electrons. The molecule has 0 bridgehead atoms. The van der Waals surface area contributed by atoms with Crippen LogP contribution < -0.4 is 11.2 Å². The van der Waals surface area contributed by atoms with Gasteiger partial charge >= 0.3 is 17.6 Å². The van der Waals surface area contributed by atoms with Gasteiger partial charge in [-0.2, -0.15) is 0 Å². The fourth-order valence-electron chi connectivity index (χ4n) is 2.77. The van der Waals surface area contributed by atoms with Crippen molar-refractivity contribution in [3.63, 3.8) is 0 Å². The number of hydrogen-bond donors (Lipinski definition) is 1. The highest BCUT2D eigenvalue weighted by Gasteiger charge is 2.38. The molecule has 0 spiro atoms. The molecule has 3 atom stereocenters. The topological polar surface area (TPSA) is 107 Å². The van der Waals surface area contributed by atoms with Gasteiger partial charge in [0.2, 0.25) is 0 Å². The van der Waals surface area contributed by atoms with Gasteiger partial charge in [0.05, 0.1) is 10.2 Å². The number of halogens is 1. The summed E-state index contributed by atoms with van der Waals surface area (Å²) in [5.74, 6) is -1.03. The average molecular weight is 436 g/mol. The van der Waals surface area contributed by atoms with Crippen LogP contribution in [0.3, 0.4) is 0 Å². The van der Waals surface area contributed by atoms with E-state index in [1.165, 1.54) is 24.6 Å². The zero-order valence-electron chi connectivity index (χ0n) is 12.7. The van der Waals surface area contributed by atoms with Gasteiger partial charge in [0, 0.05) is 38.4 Å². The van der Waals surface area contributed by atoms with E-state index in [9.17, 15) is 19.2 Å². The van der Waals surface area contributed by atoms with Gasteiger partial charge in [-0.15, -0.1) is 0 Å². The summed E-state index contributed by atoms with van der Waals surface area (Å²) in [6.45, 7) is 2.74. The molecule has 1 aliphatic carbocycles. The molecule has 0 aromatic carbocycles. The van der Waals surface area contributed by atoms with Gasteiger partial charge in [-0.3, -0.25) is 23.9 Å². The second-order valence-corrected chi connectivity index (χ2v) is 6.64. The Morgan fingerprint density at radius 3 is 2.61 bits per heavy atom. The Labute approximate surface area is 145 Å². The summed E-state index contributed by atoms with van der Waals surface area (Å²) < 4.78 is 12.1. The Morgan fingerprint density at radius 2 is 2.00 bits per heavy atom. The molecule has 1 saturated carbocycles. The van der Waals surface area contributed by atoms with E-state index in [0.717, 1.165) is 0 Å². The maximum atomic E-state index is 12.0. The summed E-state index contributed by atoms with van der Waals surface area (Å²) in [6.07, 6.45) is 1.99. The summed E-state index contributed by atoms with van der Waals surface area (Å²) in [5.41, 5.74) is -0.937. The molecule has 1 heterocycles. The summed E-state index contributed by atoms with van der Waals surface area (Å²) in [6, 6.07) is -0.238. The molecule has 23 heavy (non-hydrogen) atoms. The Balaban J connectivity index is 2.23. The van der Waals surface area contributed by atoms with Crippen molar-refractivity contribution in [1.82, 2.24) is 9.55 Å². The van der Waals surface area contributed by atoms with E-state index < -0.39 is 29.3 Å². The Hall–Kier alpha value is -1.65. The van der Waals surface area contributed by atoms with Crippen LogP contribution in [0.1, 0.15) is 32.7 Å². The van der Waals surface area contributed by atoms with E-state index in [2.05, 4.69) is 4.98 Å². The van der Waals surface area contributed by atoms with Crippen LogP contribution in [-0.2, 0) is 19.1 Å². The number of nitrogens with zero attached hydrogens (tertiary/aromatic N) is 1. The highest BCUT2D eigenvalue weighted by Crippen LogP contribution is 2.36. The van der Waals surface area contributed by atoms with Crippen LogP contribution in [0.25, 0.3) is 0 Å². The number of carbonyl (C=O) groups is 2. The normalized spacial score (nSPS) is 23.5. The number of esters is 2. The number of carbonyl (C=O) groups excluding carboxylic acids is 2. The second kappa shape index (κ2) is 7.28. The first-order chi connectivity index (χ1) is 10.8. The summed E-state index contributed by atoms with van der Waals surface area (Å²) >= 11 is 1.85. The maximum Gasteiger partial charge on any atom is 0.328 e. The van der Waals surface area contributed by atoms with Crippen molar-refractivity contribution in [2.45, 2.75) is 38.8 Å². The fourth-order valence-corrected chi connectivity index (χ4v) is 3.21. The lowest BCUT2D eigenvalue weighted by atomic mass is 10.1. The highest BCUT2D eigenvalue weighted by atomic mass is 127. The Morgan fingerprint density at radius 1 is 1.30 bits per heavy atom.